The number of aryl methyl sites for hydroxylation is 2. The predicted octanol–water partition coefficient (Wildman–Crippen LogP) is 11.9. The maximum Gasteiger partial charge on any atom is 0.256 e. The van der Waals surface area contributed by atoms with Gasteiger partial charge in [-0.05, 0) is 32.1 Å². The Morgan fingerprint density at radius 2 is 0.816 bits per heavy atom. The van der Waals surface area contributed by atoms with Gasteiger partial charge in [0.15, 0.2) is 0 Å². The molecule has 0 amide bonds. The van der Waals surface area contributed by atoms with Crippen LogP contribution in [0, 0.1) is 0 Å². The van der Waals surface area contributed by atoms with Crippen LogP contribution in [-0.4, -0.2) is 4.57 Å². The highest BCUT2D eigenvalue weighted by molar-refractivity contribution is 4.84. The van der Waals surface area contributed by atoms with E-state index in [1.807, 2.05) is 0 Å². The molecular formula is C36H71N2+. The normalized spacial score (nSPS) is 11.6. The van der Waals surface area contributed by atoms with Crippen molar-refractivity contribution in [1.29, 1.82) is 0 Å². The summed E-state index contributed by atoms with van der Waals surface area (Å²) in [7, 11) is 0. The fraction of sp³-hybridized carbons (Fsp3) is 0.917. The molecule has 1 rings (SSSR count). The van der Waals surface area contributed by atoms with Crippen LogP contribution in [0.5, 0.6) is 0 Å². The highest BCUT2D eigenvalue weighted by Gasteiger charge is 2.16. The third kappa shape index (κ3) is 20.2. The Morgan fingerprint density at radius 1 is 0.447 bits per heavy atom. The summed E-state index contributed by atoms with van der Waals surface area (Å²) in [5.41, 5.74) is 0. The Morgan fingerprint density at radius 3 is 1.26 bits per heavy atom. The maximum absolute atomic E-state index is 2.61. The van der Waals surface area contributed by atoms with Crippen molar-refractivity contribution in [3.63, 3.8) is 0 Å². The molecule has 2 heteroatoms. The molecule has 0 aliphatic rings. The molecule has 1 heterocycles. The fourth-order valence-corrected chi connectivity index (χ4v) is 5.97. The van der Waals surface area contributed by atoms with Crippen LogP contribution in [0.3, 0.4) is 0 Å². The molecule has 0 aliphatic heterocycles. The van der Waals surface area contributed by atoms with E-state index in [2.05, 4.69) is 42.3 Å². The van der Waals surface area contributed by atoms with E-state index in [1.165, 1.54) is 193 Å². The van der Waals surface area contributed by atoms with Crippen LogP contribution in [0.4, 0.5) is 0 Å². The van der Waals surface area contributed by atoms with Crippen molar-refractivity contribution in [2.24, 2.45) is 0 Å². The van der Waals surface area contributed by atoms with Gasteiger partial charge >= 0.3 is 0 Å². The van der Waals surface area contributed by atoms with Gasteiger partial charge in [-0.3, -0.25) is 0 Å². The lowest BCUT2D eigenvalue weighted by molar-refractivity contribution is -0.704. The van der Waals surface area contributed by atoms with Crippen LogP contribution in [0.15, 0.2) is 12.4 Å². The highest BCUT2D eigenvalue weighted by atomic mass is 15.1. The summed E-state index contributed by atoms with van der Waals surface area (Å²) in [5, 5.41) is 0. The number of nitrogens with zero attached hydrogens (tertiary/aromatic N) is 2. The Hall–Kier alpha value is -0.790. The van der Waals surface area contributed by atoms with Gasteiger partial charge < -0.3 is 0 Å². The van der Waals surface area contributed by atoms with Gasteiger partial charge in [0.1, 0.15) is 12.4 Å². The molecule has 0 bridgehead atoms. The van der Waals surface area contributed by atoms with Gasteiger partial charge in [-0.2, -0.15) is 0 Å². The third-order valence-corrected chi connectivity index (χ3v) is 8.60. The van der Waals surface area contributed by atoms with Crippen LogP contribution in [0.1, 0.15) is 200 Å². The van der Waals surface area contributed by atoms with E-state index in [-0.39, 0.29) is 0 Å². The first-order chi connectivity index (χ1) is 18.8. The maximum atomic E-state index is 2.61. The van der Waals surface area contributed by atoms with Crippen molar-refractivity contribution in [3.05, 3.63) is 18.2 Å². The lowest BCUT2D eigenvalue weighted by Gasteiger charge is -2.07. The summed E-state index contributed by atoms with van der Waals surface area (Å²) in [4.78, 5) is 0. The van der Waals surface area contributed by atoms with Crippen molar-refractivity contribution in [2.75, 3.05) is 0 Å². The predicted molar refractivity (Wildman–Crippen MR) is 170 cm³/mol. The molecule has 0 fully saturated rings. The molecule has 2 nitrogen and oxygen atoms in total. The van der Waals surface area contributed by atoms with Crippen LogP contribution < -0.4 is 4.57 Å². The van der Waals surface area contributed by atoms with Gasteiger partial charge in [0, 0.05) is 6.42 Å². The lowest BCUT2D eigenvalue weighted by atomic mass is 10.1. The van der Waals surface area contributed by atoms with Gasteiger partial charge in [-0.1, -0.05) is 162 Å². The van der Waals surface area contributed by atoms with Crippen molar-refractivity contribution in [3.8, 4) is 0 Å². The Labute approximate surface area is 240 Å². The van der Waals surface area contributed by atoms with Crippen molar-refractivity contribution in [2.45, 2.75) is 214 Å². The lowest BCUT2D eigenvalue weighted by Crippen LogP contribution is -2.37. The number of aromatic nitrogens is 2. The van der Waals surface area contributed by atoms with Gasteiger partial charge in [0.05, 0.1) is 13.1 Å². The molecule has 0 spiro atoms. The molecule has 1 aromatic heterocycles. The fourth-order valence-electron chi connectivity index (χ4n) is 5.97. The number of hydrogen-bond donors (Lipinski definition) is 0. The largest absolute Gasteiger partial charge is 0.256 e. The number of imidazole rings is 1. The SMILES string of the molecule is CCCCCCCCCCCCCCn1cc[n+](CCCCCCCCCCCCC)c1CCCCCC. The van der Waals surface area contributed by atoms with E-state index in [9.17, 15) is 0 Å². The molecule has 0 aromatic carbocycles. The Bertz CT molecular complexity index is 590. The van der Waals surface area contributed by atoms with Crippen LogP contribution in [0.2, 0.25) is 0 Å². The van der Waals surface area contributed by atoms with E-state index in [1.54, 1.807) is 5.82 Å². The Kier molecular flexibility index (Phi) is 25.7. The molecular weight excluding hydrogens is 460 g/mol. The minimum atomic E-state index is 1.23. The van der Waals surface area contributed by atoms with Gasteiger partial charge in [-0.15, -0.1) is 0 Å². The van der Waals surface area contributed by atoms with E-state index >= 15 is 0 Å². The molecule has 0 unspecified atom stereocenters. The minimum absolute atomic E-state index is 1.23. The topological polar surface area (TPSA) is 8.81 Å². The van der Waals surface area contributed by atoms with E-state index in [0.29, 0.717) is 0 Å². The number of hydrogen-bond acceptors (Lipinski definition) is 0. The summed E-state index contributed by atoms with van der Waals surface area (Å²) in [6, 6.07) is 0. The zero-order chi connectivity index (χ0) is 27.4. The molecule has 1 aromatic rings. The van der Waals surface area contributed by atoms with Crippen molar-refractivity contribution in [1.82, 2.24) is 4.57 Å². The van der Waals surface area contributed by atoms with Gasteiger partial charge in [0.2, 0.25) is 0 Å². The van der Waals surface area contributed by atoms with Crippen LogP contribution >= 0.6 is 0 Å². The second-order valence-electron chi connectivity index (χ2n) is 12.3. The smallest absolute Gasteiger partial charge is 0.234 e. The standard InChI is InChI=1S/C36H71N2/c1-4-7-10-13-15-17-19-21-23-25-27-30-33-38-35-34-37(36(38)31-28-12-9-6-3)32-29-26-24-22-20-18-16-14-11-8-5-2/h34-35H,4-33H2,1-3H3/q+1. The summed E-state index contributed by atoms with van der Waals surface area (Å²) >= 11 is 0. The molecule has 0 atom stereocenters. The molecule has 0 saturated heterocycles. The second kappa shape index (κ2) is 27.8. The van der Waals surface area contributed by atoms with E-state index in [0.717, 1.165) is 0 Å². The molecule has 224 valence electrons. The highest BCUT2D eigenvalue weighted by Crippen LogP contribution is 2.14. The molecule has 0 saturated carbocycles. The summed E-state index contributed by atoms with van der Waals surface area (Å²) < 4.78 is 5.22. The average Bonchev–Trinajstić information content (AvgIpc) is 3.31. The molecule has 38 heavy (non-hydrogen) atoms. The Balaban J connectivity index is 2.21. The summed E-state index contributed by atoms with van der Waals surface area (Å²) in [6.07, 6.45) is 44.4. The van der Waals surface area contributed by atoms with Crippen molar-refractivity contribution < 1.29 is 4.57 Å². The summed E-state index contributed by atoms with van der Waals surface area (Å²) in [6.45, 7) is 9.39. The van der Waals surface area contributed by atoms with Crippen LogP contribution in [-0.2, 0) is 19.5 Å². The third-order valence-electron chi connectivity index (χ3n) is 8.60. The van der Waals surface area contributed by atoms with E-state index in [4.69, 9.17) is 0 Å². The monoisotopic (exact) mass is 532 g/mol. The molecule has 0 aliphatic carbocycles. The first-order valence-corrected chi connectivity index (χ1v) is 17.9. The van der Waals surface area contributed by atoms with Gasteiger partial charge in [-0.25, -0.2) is 9.13 Å². The van der Waals surface area contributed by atoms with Crippen LogP contribution in [0.25, 0.3) is 0 Å². The van der Waals surface area contributed by atoms with Crippen molar-refractivity contribution >= 4 is 0 Å². The second-order valence-corrected chi connectivity index (χ2v) is 12.3. The number of rotatable bonds is 30. The number of unbranched alkanes of at least 4 members (excludes halogenated alkanes) is 24. The van der Waals surface area contributed by atoms with E-state index < -0.39 is 0 Å². The molecule has 0 radical (unpaired) electrons. The first-order valence-electron chi connectivity index (χ1n) is 17.9. The zero-order valence-electron chi connectivity index (χ0n) is 26.8. The quantitative estimate of drug-likeness (QED) is 0.0689. The average molecular weight is 532 g/mol. The zero-order valence-corrected chi connectivity index (χ0v) is 26.8. The molecule has 0 N–H and O–H groups in total. The van der Waals surface area contributed by atoms with Gasteiger partial charge in [0.25, 0.3) is 5.82 Å². The first kappa shape index (κ1) is 35.2. The minimum Gasteiger partial charge on any atom is -0.234 e. The summed E-state index contributed by atoms with van der Waals surface area (Å²) in [5.74, 6) is 1.61.